The summed E-state index contributed by atoms with van der Waals surface area (Å²) in [5.41, 5.74) is 3.24. The number of fused-ring (bicyclic) bond motifs is 1. The second-order valence-corrected chi connectivity index (χ2v) is 5.78. The quantitative estimate of drug-likeness (QED) is 0.781. The zero-order valence-electron chi connectivity index (χ0n) is 12.5. The third-order valence-electron chi connectivity index (χ3n) is 4.40. The van der Waals surface area contributed by atoms with Crippen LogP contribution >= 0.6 is 0 Å². The number of nitrogens with one attached hydrogen (secondary N) is 2. The first-order valence-corrected chi connectivity index (χ1v) is 7.71. The van der Waals surface area contributed by atoms with Gasteiger partial charge in [0.2, 0.25) is 5.91 Å². The molecule has 4 rings (SSSR count). The van der Waals surface area contributed by atoms with Crippen LogP contribution < -0.4 is 10.6 Å². The first-order chi connectivity index (χ1) is 11.3. The lowest BCUT2D eigenvalue weighted by Gasteiger charge is -2.18. The Balaban J connectivity index is 1.58. The molecule has 0 radical (unpaired) electrons. The van der Waals surface area contributed by atoms with Crippen molar-refractivity contribution in [1.29, 1.82) is 0 Å². The topological polar surface area (TPSA) is 67.2 Å². The summed E-state index contributed by atoms with van der Waals surface area (Å²) in [5, 5.41) is 6.34. The van der Waals surface area contributed by atoms with E-state index in [0.29, 0.717) is 23.3 Å². The monoisotopic (exact) mass is 307 g/mol. The SMILES string of the molecule is O=C(Nc1cccc2ocnc12)[C@@H]1CNC[C@H]1c1ccccc1. The fourth-order valence-corrected chi connectivity index (χ4v) is 3.22. The first-order valence-electron chi connectivity index (χ1n) is 7.71. The number of hydrogen-bond donors (Lipinski definition) is 2. The number of aromatic nitrogens is 1. The number of hydrogen-bond acceptors (Lipinski definition) is 4. The van der Waals surface area contributed by atoms with Gasteiger partial charge in [0.1, 0.15) is 5.52 Å². The Morgan fingerprint density at radius 1 is 1.13 bits per heavy atom. The highest BCUT2D eigenvalue weighted by molar-refractivity contribution is 6.00. The molecule has 2 atom stereocenters. The van der Waals surface area contributed by atoms with Gasteiger partial charge in [0, 0.05) is 19.0 Å². The fraction of sp³-hybridized carbons (Fsp3) is 0.222. The maximum absolute atomic E-state index is 12.8. The average molecular weight is 307 g/mol. The first kappa shape index (κ1) is 14.0. The summed E-state index contributed by atoms with van der Waals surface area (Å²) >= 11 is 0. The summed E-state index contributed by atoms with van der Waals surface area (Å²) in [6.07, 6.45) is 1.39. The zero-order valence-corrected chi connectivity index (χ0v) is 12.5. The highest BCUT2D eigenvalue weighted by Gasteiger charge is 2.34. The molecule has 1 aliphatic rings. The van der Waals surface area contributed by atoms with Gasteiger partial charge in [0.15, 0.2) is 12.0 Å². The van der Waals surface area contributed by atoms with E-state index in [1.54, 1.807) is 0 Å². The standard InChI is InChI=1S/C18H17N3O2/c22-18(21-15-7-4-8-16-17(15)20-11-23-16)14-10-19-9-13(14)12-5-2-1-3-6-12/h1-8,11,13-14,19H,9-10H2,(H,21,22)/t13-,14+/m0/s1. The number of anilines is 1. The molecule has 1 aromatic heterocycles. The minimum absolute atomic E-state index is 0.0133. The highest BCUT2D eigenvalue weighted by atomic mass is 16.3. The molecule has 0 saturated carbocycles. The van der Waals surface area contributed by atoms with Crippen molar-refractivity contribution in [3.8, 4) is 0 Å². The second-order valence-electron chi connectivity index (χ2n) is 5.78. The van der Waals surface area contributed by atoms with Crippen molar-refractivity contribution in [2.75, 3.05) is 18.4 Å². The van der Waals surface area contributed by atoms with Crippen LogP contribution in [0.15, 0.2) is 59.3 Å². The lowest BCUT2D eigenvalue weighted by molar-refractivity contribution is -0.119. The molecule has 2 aromatic carbocycles. The Morgan fingerprint density at radius 3 is 2.87 bits per heavy atom. The van der Waals surface area contributed by atoms with Crippen LogP contribution in [0.4, 0.5) is 5.69 Å². The normalized spacial score (nSPS) is 20.7. The molecule has 3 aromatic rings. The molecule has 0 spiro atoms. The summed E-state index contributed by atoms with van der Waals surface area (Å²) < 4.78 is 5.28. The van der Waals surface area contributed by atoms with Gasteiger partial charge in [0.25, 0.3) is 0 Å². The van der Waals surface area contributed by atoms with Gasteiger partial charge in [-0.15, -0.1) is 0 Å². The van der Waals surface area contributed by atoms with Crippen LogP contribution in [0.2, 0.25) is 0 Å². The average Bonchev–Trinajstić information content (AvgIpc) is 3.25. The van der Waals surface area contributed by atoms with E-state index >= 15 is 0 Å². The van der Waals surface area contributed by atoms with Crippen LogP contribution in [0, 0.1) is 5.92 Å². The highest BCUT2D eigenvalue weighted by Crippen LogP contribution is 2.30. The van der Waals surface area contributed by atoms with Crippen LogP contribution in [0.1, 0.15) is 11.5 Å². The van der Waals surface area contributed by atoms with Crippen molar-refractivity contribution < 1.29 is 9.21 Å². The van der Waals surface area contributed by atoms with E-state index in [1.807, 2.05) is 36.4 Å². The van der Waals surface area contributed by atoms with Crippen molar-refractivity contribution in [2.24, 2.45) is 5.92 Å². The summed E-state index contributed by atoms with van der Waals surface area (Å²) in [6, 6.07) is 15.7. The van der Waals surface area contributed by atoms with Crippen molar-refractivity contribution in [1.82, 2.24) is 10.3 Å². The van der Waals surface area contributed by atoms with Gasteiger partial charge in [-0.2, -0.15) is 0 Å². The van der Waals surface area contributed by atoms with E-state index in [-0.39, 0.29) is 17.7 Å². The van der Waals surface area contributed by atoms with Crippen LogP contribution in [-0.2, 0) is 4.79 Å². The Hall–Kier alpha value is -2.66. The van der Waals surface area contributed by atoms with Crippen LogP contribution in [0.3, 0.4) is 0 Å². The molecule has 116 valence electrons. The van der Waals surface area contributed by atoms with Crippen LogP contribution in [0.5, 0.6) is 0 Å². The summed E-state index contributed by atoms with van der Waals surface area (Å²) in [7, 11) is 0. The molecular weight excluding hydrogens is 290 g/mol. The van der Waals surface area contributed by atoms with Gasteiger partial charge in [-0.1, -0.05) is 36.4 Å². The smallest absolute Gasteiger partial charge is 0.229 e. The molecule has 0 aliphatic carbocycles. The van der Waals surface area contributed by atoms with E-state index in [0.717, 1.165) is 6.54 Å². The number of amides is 1. The van der Waals surface area contributed by atoms with Gasteiger partial charge >= 0.3 is 0 Å². The molecule has 2 heterocycles. The van der Waals surface area contributed by atoms with Gasteiger partial charge < -0.3 is 15.1 Å². The largest absolute Gasteiger partial charge is 0.443 e. The maximum Gasteiger partial charge on any atom is 0.229 e. The minimum Gasteiger partial charge on any atom is -0.443 e. The molecule has 5 heteroatoms. The van der Waals surface area contributed by atoms with Crippen molar-refractivity contribution >= 4 is 22.7 Å². The van der Waals surface area contributed by atoms with E-state index in [2.05, 4.69) is 27.8 Å². The summed E-state index contributed by atoms with van der Waals surface area (Å²) in [5.74, 6) is 0.103. The van der Waals surface area contributed by atoms with Crippen molar-refractivity contribution in [3.63, 3.8) is 0 Å². The molecule has 1 aliphatic heterocycles. The molecule has 5 nitrogen and oxygen atoms in total. The number of benzene rings is 2. The van der Waals surface area contributed by atoms with E-state index in [9.17, 15) is 4.79 Å². The van der Waals surface area contributed by atoms with Gasteiger partial charge in [-0.25, -0.2) is 4.98 Å². The van der Waals surface area contributed by atoms with E-state index < -0.39 is 0 Å². The second kappa shape index (κ2) is 5.85. The number of nitrogens with zero attached hydrogens (tertiary/aromatic N) is 1. The van der Waals surface area contributed by atoms with Crippen molar-refractivity contribution in [2.45, 2.75) is 5.92 Å². The number of oxazole rings is 1. The zero-order chi connectivity index (χ0) is 15.6. The lowest BCUT2D eigenvalue weighted by Crippen LogP contribution is -2.28. The third kappa shape index (κ3) is 2.59. The van der Waals surface area contributed by atoms with Gasteiger partial charge in [0.05, 0.1) is 11.6 Å². The van der Waals surface area contributed by atoms with Gasteiger partial charge in [-0.05, 0) is 17.7 Å². The summed E-state index contributed by atoms with van der Waals surface area (Å²) in [6.45, 7) is 1.50. The van der Waals surface area contributed by atoms with E-state index in [1.165, 1.54) is 12.0 Å². The molecule has 0 bridgehead atoms. The van der Waals surface area contributed by atoms with Gasteiger partial charge in [-0.3, -0.25) is 4.79 Å². The number of carbonyl (C=O) groups is 1. The lowest BCUT2D eigenvalue weighted by atomic mass is 9.88. The molecule has 1 amide bonds. The Morgan fingerprint density at radius 2 is 2.00 bits per heavy atom. The van der Waals surface area contributed by atoms with Crippen molar-refractivity contribution in [3.05, 3.63) is 60.5 Å². The maximum atomic E-state index is 12.8. The Bertz CT molecular complexity index is 828. The minimum atomic E-state index is -0.0976. The molecule has 0 unspecified atom stereocenters. The predicted molar refractivity (Wildman–Crippen MR) is 88.2 cm³/mol. The molecule has 1 saturated heterocycles. The number of carbonyl (C=O) groups excluding carboxylic acids is 1. The molecular formula is C18H17N3O2. The number of para-hydroxylation sites is 1. The van der Waals surface area contributed by atoms with Crippen LogP contribution in [-0.4, -0.2) is 24.0 Å². The molecule has 1 fully saturated rings. The third-order valence-corrected chi connectivity index (χ3v) is 4.40. The molecule has 2 N–H and O–H groups in total. The summed E-state index contributed by atoms with van der Waals surface area (Å²) in [4.78, 5) is 16.9. The number of rotatable bonds is 3. The molecule has 23 heavy (non-hydrogen) atoms. The Labute approximate surface area is 133 Å². The van der Waals surface area contributed by atoms with E-state index in [4.69, 9.17) is 4.42 Å². The Kier molecular flexibility index (Phi) is 3.55. The fourth-order valence-electron chi connectivity index (χ4n) is 3.22. The van der Waals surface area contributed by atoms with Crippen LogP contribution in [0.25, 0.3) is 11.1 Å². The predicted octanol–water partition coefficient (Wildman–Crippen LogP) is 2.77.